The van der Waals surface area contributed by atoms with Gasteiger partial charge < -0.3 is 0 Å². The van der Waals surface area contributed by atoms with Gasteiger partial charge in [-0.15, -0.1) is 0 Å². The molecule has 92 valence electrons. The molecule has 0 spiro atoms. The number of rotatable bonds is 2. The molecular weight excluding hydrogens is 345 g/mol. The minimum atomic E-state index is -0.275. The van der Waals surface area contributed by atoms with Crippen molar-refractivity contribution in [2.24, 2.45) is 0 Å². The fourth-order valence-electron chi connectivity index (χ4n) is 0.854. The number of halogens is 5. The van der Waals surface area contributed by atoms with Crippen LogP contribution in [-0.2, 0) is 4.79 Å². The van der Waals surface area contributed by atoms with E-state index < -0.39 is 0 Å². The van der Waals surface area contributed by atoms with Crippen molar-refractivity contribution in [3.8, 4) is 0 Å². The van der Waals surface area contributed by atoms with Gasteiger partial charge in [0.15, 0.2) is 0 Å². The summed E-state index contributed by atoms with van der Waals surface area (Å²) in [6, 6.07) is 0. The topological polar surface area (TPSA) is 17.1 Å². The summed E-state index contributed by atoms with van der Waals surface area (Å²) < 4.78 is 0. The van der Waals surface area contributed by atoms with E-state index in [-0.39, 0.29) is 35.1 Å². The van der Waals surface area contributed by atoms with Gasteiger partial charge in [-0.1, -0.05) is 64.6 Å². The molecule has 0 aromatic heterocycles. The second-order valence-electron chi connectivity index (χ2n) is 3.07. The molecule has 0 radical (unpaired) electrons. The zero-order valence-electron chi connectivity index (χ0n) is 8.41. The molecule has 0 unspecified atom stereocenters. The van der Waals surface area contributed by atoms with Crippen LogP contribution in [0.3, 0.4) is 0 Å². The molecule has 0 fully saturated rings. The van der Waals surface area contributed by atoms with Crippen molar-refractivity contribution in [1.82, 2.24) is 0 Å². The molecule has 0 bridgehead atoms. The van der Waals surface area contributed by atoms with Crippen molar-refractivity contribution in [2.75, 3.05) is 0 Å². The SMILES string of the molecule is C=C(C)C(=O)Sc1c(Cl)c(Cl)c(Cl)c(Cl)c1Cl. The first-order valence-corrected chi connectivity index (χ1v) is 6.87. The lowest BCUT2D eigenvalue weighted by Crippen LogP contribution is -1.93. The van der Waals surface area contributed by atoms with Gasteiger partial charge in [0.05, 0.1) is 30.0 Å². The first kappa shape index (κ1) is 15.5. The van der Waals surface area contributed by atoms with E-state index >= 15 is 0 Å². The number of carbonyl (C=O) groups excluding carboxylic acids is 1. The lowest BCUT2D eigenvalue weighted by atomic mass is 10.3. The van der Waals surface area contributed by atoms with Crippen molar-refractivity contribution < 1.29 is 4.79 Å². The van der Waals surface area contributed by atoms with E-state index in [2.05, 4.69) is 6.58 Å². The molecule has 0 amide bonds. The van der Waals surface area contributed by atoms with Crippen molar-refractivity contribution in [3.05, 3.63) is 37.3 Å². The van der Waals surface area contributed by atoms with Crippen LogP contribution in [0.15, 0.2) is 17.0 Å². The number of hydrogen-bond donors (Lipinski definition) is 0. The Hall–Kier alpha value is 0.430. The molecule has 17 heavy (non-hydrogen) atoms. The van der Waals surface area contributed by atoms with Gasteiger partial charge in [-0.25, -0.2) is 0 Å². The zero-order valence-corrected chi connectivity index (χ0v) is 13.0. The van der Waals surface area contributed by atoms with E-state index in [4.69, 9.17) is 58.0 Å². The Morgan fingerprint density at radius 3 is 1.65 bits per heavy atom. The molecule has 0 saturated heterocycles. The predicted molar refractivity (Wildman–Crippen MR) is 77.2 cm³/mol. The van der Waals surface area contributed by atoms with Crippen molar-refractivity contribution >= 4 is 74.9 Å². The van der Waals surface area contributed by atoms with Gasteiger partial charge in [0.1, 0.15) is 0 Å². The Bertz CT molecular complexity index is 483. The second-order valence-corrected chi connectivity index (χ2v) is 5.94. The molecule has 1 aromatic carbocycles. The number of carbonyl (C=O) groups is 1. The molecular formula is C10H5Cl5OS. The molecule has 1 nitrogen and oxygen atoms in total. The Balaban J connectivity index is 3.35. The van der Waals surface area contributed by atoms with Crippen LogP contribution in [0.2, 0.25) is 25.1 Å². The van der Waals surface area contributed by atoms with E-state index in [1.54, 1.807) is 6.92 Å². The summed E-state index contributed by atoms with van der Waals surface area (Å²) in [5.74, 6) is 0. The standard InChI is InChI=1S/C10H5Cl5OS/c1-3(2)10(16)17-9-7(14)5(12)4(11)6(13)8(9)15/h1H2,2H3. The normalized spacial score (nSPS) is 10.5. The maximum Gasteiger partial charge on any atom is 0.219 e. The van der Waals surface area contributed by atoms with Gasteiger partial charge >= 0.3 is 0 Å². The highest BCUT2D eigenvalue weighted by Crippen LogP contribution is 2.48. The predicted octanol–water partition coefficient (Wildman–Crippen LogP) is 6.15. The molecule has 0 aliphatic carbocycles. The summed E-state index contributed by atoms with van der Waals surface area (Å²) in [7, 11) is 0. The largest absolute Gasteiger partial charge is 0.282 e. The van der Waals surface area contributed by atoms with Gasteiger partial charge in [0.25, 0.3) is 0 Å². The lowest BCUT2D eigenvalue weighted by molar-refractivity contribution is -0.107. The van der Waals surface area contributed by atoms with Crippen LogP contribution in [0.1, 0.15) is 6.92 Å². The third-order valence-electron chi connectivity index (χ3n) is 1.71. The lowest BCUT2D eigenvalue weighted by Gasteiger charge is -2.11. The Kier molecular flexibility index (Phi) is 5.51. The Labute approximate surface area is 128 Å². The first-order valence-electron chi connectivity index (χ1n) is 4.16. The third-order valence-corrected chi connectivity index (χ3v) is 5.36. The summed E-state index contributed by atoms with van der Waals surface area (Å²) in [4.78, 5) is 11.8. The average molecular weight is 350 g/mol. The monoisotopic (exact) mass is 348 g/mol. The average Bonchev–Trinajstić information content (AvgIpc) is 2.29. The summed E-state index contributed by atoms with van der Waals surface area (Å²) in [5.41, 5.74) is 0.365. The van der Waals surface area contributed by atoms with Crippen molar-refractivity contribution in [1.29, 1.82) is 0 Å². The summed E-state index contributed by atoms with van der Waals surface area (Å²) in [6.45, 7) is 5.10. The third kappa shape index (κ3) is 3.25. The number of benzene rings is 1. The van der Waals surface area contributed by atoms with E-state index in [9.17, 15) is 4.79 Å². The van der Waals surface area contributed by atoms with Crippen LogP contribution in [0.25, 0.3) is 0 Å². The summed E-state index contributed by atoms with van der Waals surface area (Å²) in [5, 5.41) is 0.134. The fourth-order valence-corrected chi connectivity index (χ4v) is 3.08. The minimum absolute atomic E-state index is 0.0652. The zero-order chi connectivity index (χ0) is 13.3. The van der Waals surface area contributed by atoms with Crippen molar-refractivity contribution in [3.63, 3.8) is 0 Å². The highest BCUT2D eigenvalue weighted by molar-refractivity contribution is 8.14. The molecule has 0 heterocycles. The van der Waals surface area contributed by atoms with E-state index in [0.29, 0.717) is 5.57 Å². The van der Waals surface area contributed by atoms with Gasteiger partial charge in [-0.05, 0) is 24.3 Å². The Morgan fingerprint density at radius 1 is 0.941 bits per heavy atom. The van der Waals surface area contributed by atoms with Crippen molar-refractivity contribution in [2.45, 2.75) is 11.8 Å². The van der Waals surface area contributed by atoms with Crippen LogP contribution in [0.5, 0.6) is 0 Å². The second kappa shape index (κ2) is 6.05. The molecule has 1 aromatic rings. The molecule has 7 heteroatoms. The minimum Gasteiger partial charge on any atom is -0.282 e. The summed E-state index contributed by atoms with van der Waals surface area (Å²) in [6.07, 6.45) is 0. The molecule has 0 aliphatic rings. The van der Waals surface area contributed by atoms with Gasteiger partial charge in [-0.2, -0.15) is 0 Å². The Morgan fingerprint density at radius 2 is 1.29 bits per heavy atom. The maximum absolute atomic E-state index is 11.6. The number of hydrogen-bond acceptors (Lipinski definition) is 2. The van der Waals surface area contributed by atoms with Gasteiger partial charge in [0.2, 0.25) is 5.12 Å². The molecule has 0 atom stereocenters. The first-order chi connectivity index (χ1) is 7.77. The van der Waals surface area contributed by atoms with E-state index in [1.807, 2.05) is 0 Å². The van der Waals surface area contributed by atoms with Crippen LogP contribution in [-0.4, -0.2) is 5.12 Å². The van der Waals surface area contributed by atoms with Gasteiger partial charge in [-0.3, -0.25) is 4.79 Å². The van der Waals surface area contributed by atoms with Crippen LogP contribution >= 0.6 is 69.8 Å². The molecule has 0 N–H and O–H groups in total. The molecule has 0 aliphatic heterocycles. The highest BCUT2D eigenvalue weighted by atomic mass is 35.5. The van der Waals surface area contributed by atoms with Crippen LogP contribution in [0, 0.1) is 0 Å². The van der Waals surface area contributed by atoms with E-state index in [0.717, 1.165) is 11.8 Å². The fraction of sp³-hybridized carbons (Fsp3) is 0.100. The smallest absolute Gasteiger partial charge is 0.219 e. The van der Waals surface area contributed by atoms with E-state index in [1.165, 1.54) is 0 Å². The quantitative estimate of drug-likeness (QED) is 0.275. The molecule has 0 saturated carbocycles. The van der Waals surface area contributed by atoms with Gasteiger partial charge in [0, 0.05) is 0 Å². The highest BCUT2D eigenvalue weighted by Gasteiger charge is 2.21. The molecule has 1 rings (SSSR count). The summed E-state index contributed by atoms with van der Waals surface area (Å²) >= 11 is 30.3. The maximum atomic E-state index is 11.6. The van der Waals surface area contributed by atoms with Crippen LogP contribution < -0.4 is 0 Å². The number of thioether (sulfide) groups is 1. The van der Waals surface area contributed by atoms with Crippen LogP contribution in [0.4, 0.5) is 0 Å².